The topological polar surface area (TPSA) is 49.3 Å². The fourth-order valence-corrected chi connectivity index (χ4v) is 2.48. The summed E-state index contributed by atoms with van der Waals surface area (Å²) in [5, 5.41) is 10.4. The molecule has 0 aromatic heterocycles. The second-order valence-corrected chi connectivity index (χ2v) is 7.39. The van der Waals surface area contributed by atoms with Gasteiger partial charge in [0.2, 0.25) is 0 Å². The molecule has 216 valence electrons. The van der Waals surface area contributed by atoms with Gasteiger partial charge in [0.05, 0.1) is 0 Å². The zero-order valence-electron chi connectivity index (χ0n) is 17.4. The number of hydrogen-bond acceptors (Lipinski definition) is 2. The number of unbranched alkanes of at least 4 members (excludes halogenated alkanes) is 1. The van der Waals surface area contributed by atoms with E-state index in [1.807, 2.05) is 0 Å². The van der Waals surface area contributed by atoms with E-state index in [9.17, 15) is 79.4 Å². The monoisotopic (exact) mass is 577 g/mol. The minimum Gasteiger partial charge on any atom is -0.480 e. The van der Waals surface area contributed by atoms with E-state index in [1.54, 1.807) is 5.32 Å². The van der Waals surface area contributed by atoms with Gasteiger partial charge in [0, 0.05) is 13.0 Å². The Morgan fingerprint density at radius 2 is 1.03 bits per heavy atom. The van der Waals surface area contributed by atoms with Gasteiger partial charge in [-0.15, -0.1) is 0 Å². The summed E-state index contributed by atoms with van der Waals surface area (Å²) in [4.78, 5) is 10.9. The quantitative estimate of drug-likeness (QED) is 0.229. The van der Waals surface area contributed by atoms with Crippen LogP contribution in [-0.4, -0.2) is 71.3 Å². The van der Waals surface area contributed by atoms with E-state index in [4.69, 9.17) is 5.11 Å². The van der Waals surface area contributed by atoms with Crippen molar-refractivity contribution in [2.75, 3.05) is 6.54 Å². The zero-order chi connectivity index (χ0) is 29.4. The number of carboxylic acid groups (broad SMARTS) is 1. The molecule has 0 radical (unpaired) electrons. The first-order chi connectivity index (χ1) is 15.6. The Labute approximate surface area is 190 Å². The molecule has 0 amide bonds. The second kappa shape index (κ2) is 10.2. The molecule has 0 aromatic rings. The predicted molar refractivity (Wildman–Crippen MR) is 84.3 cm³/mol. The summed E-state index contributed by atoms with van der Waals surface area (Å²) in [5.41, 5.74) is 0. The van der Waals surface area contributed by atoms with Gasteiger partial charge in [-0.1, -0.05) is 19.8 Å². The Morgan fingerprint density at radius 1 is 0.667 bits per heavy atom. The van der Waals surface area contributed by atoms with E-state index < -0.39 is 72.6 Å². The number of hydrogen-bond donors (Lipinski definition) is 2. The number of carbonyl (C=O) groups is 1. The van der Waals surface area contributed by atoms with Crippen LogP contribution < -0.4 is 5.32 Å². The standard InChI is InChI=1S/C16H16F17NO2/c1-2-3-4-7(8(35)36)34-6-5-9(17,18)10(19,20)11(21,22)12(23,24)13(25,26)14(27,28)15(29,30)16(31,32)33/h7,34H,2-6H2,1H3,(H,35,36)/t7-/m0/s1. The van der Waals surface area contributed by atoms with Gasteiger partial charge in [0.25, 0.3) is 0 Å². The number of alkyl halides is 17. The van der Waals surface area contributed by atoms with Crippen LogP contribution >= 0.6 is 0 Å². The lowest BCUT2D eigenvalue weighted by Crippen LogP contribution is -2.74. The van der Waals surface area contributed by atoms with Gasteiger partial charge in [-0.2, -0.15) is 74.6 Å². The minimum absolute atomic E-state index is 0.0899. The lowest BCUT2D eigenvalue weighted by Gasteiger charge is -2.42. The largest absolute Gasteiger partial charge is 0.480 e. The molecule has 0 aliphatic carbocycles. The van der Waals surface area contributed by atoms with Crippen LogP contribution in [0.4, 0.5) is 74.6 Å². The molecule has 0 spiro atoms. The fourth-order valence-electron chi connectivity index (χ4n) is 2.48. The molecule has 3 nitrogen and oxygen atoms in total. The predicted octanol–water partition coefficient (Wildman–Crippen LogP) is 6.62. The number of carboxylic acids is 1. The van der Waals surface area contributed by atoms with Crippen molar-refractivity contribution in [3.63, 3.8) is 0 Å². The molecule has 0 aliphatic heterocycles. The molecule has 0 aromatic carbocycles. The van der Waals surface area contributed by atoms with Crippen LogP contribution in [0, 0.1) is 0 Å². The third-order valence-corrected chi connectivity index (χ3v) is 4.76. The van der Waals surface area contributed by atoms with Crippen LogP contribution in [0.2, 0.25) is 0 Å². The highest BCUT2D eigenvalue weighted by atomic mass is 19.4. The van der Waals surface area contributed by atoms with Crippen molar-refractivity contribution in [3.8, 4) is 0 Å². The summed E-state index contributed by atoms with van der Waals surface area (Å²) in [6, 6.07) is -1.77. The molecule has 0 heterocycles. The summed E-state index contributed by atoms with van der Waals surface area (Å²) in [7, 11) is 0. The molecular weight excluding hydrogens is 561 g/mol. The normalized spacial score (nSPS) is 16.3. The van der Waals surface area contributed by atoms with Crippen molar-refractivity contribution < 1.29 is 84.5 Å². The summed E-state index contributed by atoms with van der Waals surface area (Å²) in [5.74, 6) is -58.5. The van der Waals surface area contributed by atoms with Crippen molar-refractivity contribution in [1.29, 1.82) is 0 Å². The van der Waals surface area contributed by atoms with E-state index in [-0.39, 0.29) is 12.8 Å². The molecule has 0 unspecified atom stereocenters. The number of nitrogens with one attached hydrogen (secondary N) is 1. The molecule has 0 aliphatic rings. The number of rotatable bonds is 14. The van der Waals surface area contributed by atoms with E-state index in [0.717, 1.165) is 0 Å². The lowest BCUT2D eigenvalue weighted by molar-refractivity contribution is -0.461. The van der Waals surface area contributed by atoms with Gasteiger partial charge in [-0.3, -0.25) is 4.79 Å². The fraction of sp³-hybridized carbons (Fsp3) is 0.938. The molecule has 0 saturated carbocycles. The van der Waals surface area contributed by atoms with E-state index >= 15 is 0 Å². The first-order valence-corrected chi connectivity index (χ1v) is 9.29. The Bertz CT molecular complexity index is 762. The summed E-state index contributed by atoms with van der Waals surface area (Å²) in [6.45, 7) is -0.177. The van der Waals surface area contributed by atoms with Crippen molar-refractivity contribution in [2.24, 2.45) is 0 Å². The third-order valence-electron chi connectivity index (χ3n) is 4.76. The smallest absolute Gasteiger partial charge is 0.460 e. The van der Waals surface area contributed by atoms with Gasteiger partial charge in [0.15, 0.2) is 0 Å². The average molecular weight is 577 g/mol. The molecule has 0 bridgehead atoms. The molecule has 0 saturated heterocycles. The molecule has 1 atom stereocenters. The second-order valence-electron chi connectivity index (χ2n) is 7.39. The van der Waals surface area contributed by atoms with E-state index in [0.29, 0.717) is 6.42 Å². The maximum absolute atomic E-state index is 13.7. The summed E-state index contributed by atoms with van der Waals surface area (Å²) in [6.07, 6.45) is -10.5. The van der Waals surface area contributed by atoms with Crippen LogP contribution in [0.25, 0.3) is 0 Å². The minimum atomic E-state index is -8.67. The van der Waals surface area contributed by atoms with Crippen LogP contribution in [0.1, 0.15) is 32.6 Å². The van der Waals surface area contributed by atoms with Crippen LogP contribution in [0.5, 0.6) is 0 Å². The van der Waals surface area contributed by atoms with Gasteiger partial charge >= 0.3 is 53.6 Å². The SMILES string of the molecule is CCCC[C@H](NCCC(F)(F)C(F)(F)C(F)(F)C(F)(F)C(F)(F)C(F)(F)C(F)(F)C(F)(F)F)C(=O)O. The highest BCUT2D eigenvalue weighted by Gasteiger charge is 2.95. The first kappa shape index (κ1) is 34.2. The summed E-state index contributed by atoms with van der Waals surface area (Å²) >= 11 is 0. The van der Waals surface area contributed by atoms with Gasteiger partial charge in [-0.05, 0) is 6.42 Å². The van der Waals surface area contributed by atoms with Crippen molar-refractivity contribution in [1.82, 2.24) is 5.32 Å². The maximum Gasteiger partial charge on any atom is 0.460 e. The molecular formula is C16H16F17NO2. The Hall–Kier alpha value is -1.76. The van der Waals surface area contributed by atoms with E-state index in [1.165, 1.54) is 6.92 Å². The average Bonchev–Trinajstić information content (AvgIpc) is 2.68. The van der Waals surface area contributed by atoms with Crippen LogP contribution in [0.15, 0.2) is 0 Å². The van der Waals surface area contributed by atoms with Crippen molar-refractivity contribution >= 4 is 5.97 Å². The zero-order valence-corrected chi connectivity index (χ0v) is 17.4. The van der Waals surface area contributed by atoms with Gasteiger partial charge in [0.1, 0.15) is 6.04 Å². The lowest BCUT2D eigenvalue weighted by atomic mass is 9.88. The van der Waals surface area contributed by atoms with Crippen LogP contribution in [-0.2, 0) is 4.79 Å². The first-order valence-electron chi connectivity index (χ1n) is 9.29. The van der Waals surface area contributed by atoms with E-state index in [2.05, 4.69) is 0 Å². The third kappa shape index (κ3) is 5.41. The van der Waals surface area contributed by atoms with Crippen molar-refractivity contribution in [2.45, 2.75) is 86.3 Å². The highest BCUT2D eigenvalue weighted by Crippen LogP contribution is 2.64. The molecule has 2 N–H and O–H groups in total. The number of halogens is 17. The van der Waals surface area contributed by atoms with Crippen LogP contribution in [0.3, 0.4) is 0 Å². The molecule has 0 rings (SSSR count). The summed E-state index contributed by atoms with van der Waals surface area (Å²) < 4.78 is 224. The maximum atomic E-state index is 13.7. The molecule has 0 fully saturated rings. The van der Waals surface area contributed by atoms with Gasteiger partial charge < -0.3 is 10.4 Å². The number of aliphatic carboxylic acids is 1. The molecule has 20 heteroatoms. The van der Waals surface area contributed by atoms with Gasteiger partial charge in [-0.25, -0.2) is 0 Å². The highest BCUT2D eigenvalue weighted by molar-refractivity contribution is 5.73. The Kier molecular flexibility index (Phi) is 9.69. The molecule has 36 heavy (non-hydrogen) atoms. The Balaban J connectivity index is 6.22. The van der Waals surface area contributed by atoms with Crippen molar-refractivity contribution in [3.05, 3.63) is 0 Å². The Morgan fingerprint density at radius 3 is 1.36 bits per heavy atom.